The molecule has 2 N–H and O–H groups in total. The summed E-state index contributed by atoms with van der Waals surface area (Å²) < 4.78 is 32.0. The van der Waals surface area contributed by atoms with Gasteiger partial charge in [0.2, 0.25) is 0 Å². The van der Waals surface area contributed by atoms with E-state index >= 15 is 0 Å². The van der Waals surface area contributed by atoms with E-state index in [1.54, 1.807) is 6.92 Å². The van der Waals surface area contributed by atoms with Crippen molar-refractivity contribution >= 4 is 27.4 Å². The van der Waals surface area contributed by atoms with Crippen molar-refractivity contribution in [1.29, 1.82) is 0 Å². The Morgan fingerprint density at radius 3 is 2.21 bits per heavy atom. The Kier molecular flexibility index (Phi) is 5.84. The van der Waals surface area contributed by atoms with E-state index in [0.717, 1.165) is 17.5 Å². The second kappa shape index (κ2) is 7.85. The van der Waals surface area contributed by atoms with Gasteiger partial charge in [-0.05, 0) is 48.7 Å². The van der Waals surface area contributed by atoms with Crippen LogP contribution in [0.3, 0.4) is 0 Å². The van der Waals surface area contributed by atoms with Gasteiger partial charge in [0.1, 0.15) is 5.41 Å². The van der Waals surface area contributed by atoms with Crippen molar-refractivity contribution in [2.45, 2.75) is 36.3 Å². The molecule has 0 saturated heterocycles. The molecule has 7 heteroatoms. The molecule has 2 aromatic carbocycles. The van der Waals surface area contributed by atoms with Gasteiger partial charge < -0.3 is 10.5 Å². The topological polar surface area (TPSA) is 86.5 Å². The van der Waals surface area contributed by atoms with Crippen molar-refractivity contribution in [1.82, 2.24) is 0 Å². The number of hydrogen-bond donors (Lipinski definition) is 1. The first-order valence-electron chi connectivity index (χ1n) is 9.28. The highest BCUT2D eigenvalue weighted by atomic mass is 35.5. The quantitative estimate of drug-likeness (QED) is 0.693. The van der Waals surface area contributed by atoms with Crippen LogP contribution in [0.5, 0.6) is 0 Å². The summed E-state index contributed by atoms with van der Waals surface area (Å²) in [5, 5.41) is -0.533. The maximum Gasteiger partial charge on any atom is 0.315 e. The largest absolute Gasteiger partial charge is 0.465 e. The summed E-state index contributed by atoms with van der Waals surface area (Å²) in [6.07, 6.45) is 0.872. The van der Waals surface area contributed by atoms with Crippen LogP contribution in [-0.2, 0) is 25.8 Å². The molecule has 5 nitrogen and oxygen atoms in total. The number of rotatable bonds is 7. The molecule has 0 bridgehead atoms. The smallest absolute Gasteiger partial charge is 0.315 e. The number of sulfone groups is 1. The van der Waals surface area contributed by atoms with E-state index in [1.165, 1.54) is 24.3 Å². The van der Waals surface area contributed by atoms with Gasteiger partial charge in [-0.15, -0.1) is 0 Å². The predicted octanol–water partition coefficient (Wildman–Crippen LogP) is 3.35. The number of ether oxygens (including phenoxy) is 1. The predicted molar refractivity (Wildman–Crippen MR) is 109 cm³/mol. The third-order valence-electron chi connectivity index (χ3n) is 5.47. The van der Waals surface area contributed by atoms with Crippen molar-refractivity contribution < 1.29 is 17.9 Å². The summed E-state index contributed by atoms with van der Waals surface area (Å²) in [7, 11) is -3.82. The van der Waals surface area contributed by atoms with Crippen LogP contribution in [0.1, 0.15) is 30.9 Å². The third-order valence-corrected chi connectivity index (χ3v) is 8.02. The first-order chi connectivity index (χ1) is 13.3. The van der Waals surface area contributed by atoms with Gasteiger partial charge in [0.15, 0.2) is 9.84 Å². The number of carbonyl (C=O) groups excluding carboxylic acids is 1. The lowest BCUT2D eigenvalue weighted by molar-refractivity contribution is -0.149. The SMILES string of the molecule is CCOC(=O)C1(CN)C(c2ccc(CC)cc2)C1S(=O)(=O)c1ccc(Cl)cc1. The van der Waals surface area contributed by atoms with Crippen LogP contribution in [0.25, 0.3) is 0 Å². The lowest BCUT2D eigenvalue weighted by atomic mass is 9.98. The van der Waals surface area contributed by atoms with Gasteiger partial charge in [-0.2, -0.15) is 0 Å². The molecule has 28 heavy (non-hydrogen) atoms. The van der Waals surface area contributed by atoms with Gasteiger partial charge >= 0.3 is 5.97 Å². The van der Waals surface area contributed by atoms with Crippen LogP contribution in [0.4, 0.5) is 0 Å². The molecule has 3 unspecified atom stereocenters. The number of esters is 1. The van der Waals surface area contributed by atoms with Crippen molar-refractivity contribution in [3.63, 3.8) is 0 Å². The molecule has 1 aliphatic carbocycles. The molecule has 1 saturated carbocycles. The summed E-state index contributed by atoms with van der Waals surface area (Å²) in [6.45, 7) is 3.79. The van der Waals surface area contributed by atoms with E-state index in [9.17, 15) is 13.2 Å². The van der Waals surface area contributed by atoms with Crippen LogP contribution in [0, 0.1) is 5.41 Å². The van der Waals surface area contributed by atoms with Gasteiger partial charge in [0, 0.05) is 17.5 Å². The minimum atomic E-state index is -3.82. The van der Waals surface area contributed by atoms with E-state index in [4.69, 9.17) is 22.1 Å². The Labute approximate surface area is 170 Å². The lowest BCUT2D eigenvalue weighted by Crippen LogP contribution is -2.33. The Hall–Kier alpha value is -1.89. The zero-order valence-electron chi connectivity index (χ0n) is 15.9. The van der Waals surface area contributed by atoms with Gasteiger partial charge in [0.25, 0.3) is 0 Å². The number of benzene rings is 2. The molecule has 1 aliphatic rings. The van der Waals surface area contributed by atoms with Crippen LogP contribution >= 0.6 is 11.6 Å². The van der Waals surface area contributed by atoms with Gasteiger partial charge in [0.05, 0.1) is 16.8 Å². The molecule has 0 heterocycles. The Morgan fingerprint density at radius 1 is 1.11 bits per heavy atom. The van der Waals surface area contributed by atoms with Crippen LogP contribution in [-0.4, -0.2) is 32.8 Å². The molecule has 3 atom stereocenters. The maximum absolute atomic E-state index is 13.4. The Balaban J connectivity index is 2.09. The minimum Gasteiger partial charge on any atom is -0.465 e. The summed E-state index contributed by atoms with van der Waals surface area (Å²) >= 11 is 5.90. The number of halogens is 1. The first-order valence-corrected chi connectivity index (χ1v) is 11.2. The van der Waals surface area contributed by atoms with E-state index in [0.29, 0.717) is 5.02 Å². The van der Waals surface area contributed by atoms with Crippen LogP contribution in [0.2, 0.25) is 5.02 Å². The molecule has 0 aliphatic heterocycles. The summed E-state index contributed by atoms with van der Waals surface area (Å²) in [5.74, 6) is -1.12. The third kappa shape index (κ3) is 3.34. The van der Waals surface area contributed by atoms with Crippen LogP contribution in [0.15, 0.2) is 53.4 Å². The van der Waals surface area contributed by atoms with Crippen molar-refractivity contribution in [3.8, 4) is 0 Å². The highest BCUT2D eigenvalue weighted by molar-refractivity contribution is 7.92. The van der Waals surface area contributed by atoms with Crippen LogP contribution < -0.4 is 5.73 Å². The zero-order valence-corrected chi connectivity index (χ0v) is 17.5. The molecule has 150 valence electrons. The fourth-order valence-corrected chi connectivity index (χ4v) is 6.41. The minimum absolute atomic E-state index is 0.108. The van der Waals surface area contributed by atoms with Gasteiger partial charge in [-0.1, -0.05) is 42.8 Å². The van der Waals surface area contributed by atoms with Gasteiger partial charge in [-0.3, -0.25) is 4.79 Å². The average Bonchev–Trinajstić information content (AvgIpc) is 3.40. The molecule has 0 amide bonds. The average molecular weight is 422 g/mol. The molecule has 0 radical (unpaired) electrons. The molecule has 0 spiro atoms. The second-order valence-electron chi connectivity index (χ2n) is 6.96. The Morgan fingerprint density at radius 2 is 1.71 bits per heavy atom. The monoisotopic (exact) mass is 421 g/mol. The zero-order chi connectivity index (χ0) is 20.5. The van der Waals surface area contributed by atoms with Gasteiger partial charge in [-0.25, -0.2) is 8.42 Å². The van der Waals surface area contributed by atoms with Crippen molar-refractivity contribution in [2.24, 2.45) is 11.1 Å². The Bertz CT molecular complexity index is 957. The van der Waals surface area contributed by atoms with Crippen molar-refractivity contribution in [3.05, 3.63) is 64.7 Å². The lowest BCUT2D eigenvalue weighted by Gasteiger charge is -2.14. The summed E-state index contributed by atoms with van der Waals surface area (Å²) in [4.78, 5) is 12.9. The van der Waals surface area contributed by atoms with E-state index in [2.05, 4.69) is 0 Å². The summed E-state index contributed by atoms with van der Waals surface area (Å²) in [6, 6.07) is 13.6. The number of carbonyl (C=O) groups is 1. The molecular weight excluding hydrogens is 398 g/mol. The normalized spacial score (nSPS) is 24.0. The molecule has 0 aromatic heterocycles. The number of hydrogen-bond acceptors (Lipinski definition) is 5. The fourth-order valence-electron chi connectivity index (χ4n) is 3.90. The highest BCUT2D eigenvalue weighted by Gasteiger charge is 2.75. The molecule has 1 fully saturated rings. The highest BCUT2D eigenvalue weighted by Crippen LogP contribution is 2.64. The standard InChI is InChI=1S/C21H24ClNO4S/c1-3-14-5-7-15(8-6-14)18-19(21(18,13-23)20(24)27-4-2)28(25,26)17-11-9-16(22)10-12-17/h5-12,18-19H,3-4,13,23H2,1-2H3. The van der Waals surface area contributed by atoms with E-state index in [1.807, 2.05) is 31.2 Å². The maximum atomic E-state index is 13.4. The van der Waals surface area contributed by atoms with E-state index < -0.39 is 32.4 Å². The first kappa shape index (κ1) is 20.8. The number of nitrogens with two attached hydrogens (primary N) is 1. The molecular formula is C21H24ClNO4S. The fraction of sp³-hybridized carbons (Fsp3) is 0.381. The van der Waals surface area contributed by atoms with E-state index in [-0.39, 0.29) is 18.0 Å². The second-order valence-corrected chi connectivity index (χ2v) is 9.46. The molecule has 3 rings (SSSR count). The van der Waals surface area contributed by atoms with Crippen molar-refractivity contribution in [2.75, 3.05) is 13.2 Å². The summed E-state index contributed by atoms with van der Waals surface area (Å²) in [5.41, 5.74) is 6.61. The number of aryl methyl sites for hydroxylation is 1. The molecule has 2 aromatic rings.